The number of hydrogen-bond donors (Lipinski definition) is 0. The summed E-state index contributed by atoms with van der Waals surface area (Å²) in [4.78, 5) is 34.8. The van der Waals surface area contributed by atoms with Crippen LogP contribution < -0.4 is 14.7 Å². The predicted octanol–water partition coefficient (Wildman–Crippen LogP) is 13.7. The van der Waals surface area contributed by atoms with Crippen LogP contribution in [0, 0.1) is 68.0 Å². The maximum absolute atomic E-state index is 10.7. The highest BCUT2D eigenvalue weighted by Crippen LogP contribution is 2.44. The summed E-state index contributed by atoms with van der Waals surface area (Å²) in [5, 5.41) is 94.9. The first-order valence-corrected chi connectivity index (χ1v) is 29.8. The van der Waals surface area contributed by atoms with E-state index in [0.717, 1.165) is 71.7 Å². The number of imidazole rings is 3. The van der Waals surface area contributed by atoms with Crippen molar-refractivity contribution in [1.82, 2.24) is 43.6 Å². The molecule has 0 aliphatic heterocycles. The number of rotatable bonds is 21. The van der Waals surface area contributed by atoms with E-state index in [4.69, 9.17) is 15.0 Å². The SMILES string of the molecule is CCN(CC)c1nc(C(C)(C)C)c(N=Nc2nc(C#N)c(C#N)n2Cc2cc(Cn3c(N=Nc4sc(N(CC)CC)nc4C(C)(C)C)nc(C#N)c3C#N)cc(Cn3c(N=Nc4sc(N(CC)CC)nc4C(C)(C)C)nc(C#N)c3C#N)c2)s1. The minimum absolute atomic E-state index is 0.0261. The Morgan fingerprint density at radius 3 is 0.810 bits per heavy atom. The molecule has 0 atom stereocenters. The number of hydrogen-bond acceptors (Lipinski definition) is 24. The monoisotopic (exact) mass is 1180 g/mol. The molecule has 6 heterocycles. The molecule has 24 nitrogen and oxygen atoms in total. The Morgan fingerprint density at radius 1 is 0.381 bits per heavy atom. The number of anilines is 3. The molecular weight excluding hydrogens is 1120 g/mol. The summed E-state index contributed by atoms with van der Waals surface area (Å²) in [5.74, 6) is -0.0782. The fourth-order valence-corrected chi connectivity index (χ4v) is 12.6. The third-order valence-electron chi connectivity index (χ3n) is 13.3. The summed E-state index contributed by atoms with van der Waals surface area (Å²) in [5.41, 5.74) is 1.83. The lowest BCUT2D eigenvalue weighted by Crippen LogP contribution is -2.22. The molecule has 1 aromatic carbocycles. The average molecular weight is 1180 g/mol. The first-order valence-electron chi connectivity index (χ1n) is 27.3. The van der Waals surface area contributed by atoms with Crippen LogP contribution in [0.3, 0.4) is 0 Å². The number of aromatic nitrogens is 9. The molecule has 0 N–H and O–H groups in total. The van der Waals surface area contributed by atoms with Gasteiger partial charge in [-0.2, -0.15) is 46.5 Å². The van der Waals surface area contributed by atoms with Crippen LogP contribution in [0.15, 0.2) is 48.9 Å². The molecule has 0 saturated heterocycles. The Bertz CT molecular complexity index is 3500. The van der Waals surface area contributed by atoms with E-state index in [0.29, 0.717) is 31.7 Å². The van der Waals surface area contributed by atoms with Crippen molar-refractivity contribution in [3.8, 4) is 36.4 Å². The lowest BCUT2D eigenvalue weighted by molar-refractivity contribution is 0.572. The van der Waals surface area contributed by atoms with Crippen molar-refractivity contribution in [1.29, 1.82) is 31.6 Å². The Balaban J connectivity index is 1.42. The molecule has 0 aliphatic rings. The van der Waals surface area contributed by atoms with Gasteiger partial charge in [-0.1, -0.05) is 115 Å². The molecular formula is C57H66N24S3. The maximum atomic E-state index is 10.7. The van der Waals surface area contributed by atoms with Crippen molar-refractivity contribution in [3.63, 3.8) is 0 Å². The lowest BCUT2D eigenvalue weighted by atomic mass is 9.93. The van der Waals surface area contributed by atoms with Gasteiger partial charge in [0.15, 0.2) is 64.6 Å². The van der Waals surface area contributed by atoms with Crippen molar-refractivity contribution in [3.05, 3.63) is 86.1 Å². The van der Waals surface area contributed by atoms with Gasteiger partial charge >= 0.3 is 0 Å². The highest BCUT2D eigenvalue weighted by Gasteiger charge is 2.30. The minimum atomic E-state index is -0.416. The highest BCUT2D eigenvalue weighted by molar-refractivity contribution is 7.20. The van der Waals surface area contributed by atoms with Gasteiger partial charge in [0.25, 0.3) is 17.8 Å². The van der Waals surface area contributed by atoms with E-state index in [9.17, 15) is 31.6 Å². The van der Waals surface area contributed by atoms with Gasteiger partial charge in [0.1, 0.15) is 36.4 Å². The van der Waals surface area contributed by atoms with Crippen LogP contribution in [0.1, 0.15) is 172 Å². The predicted molar refractivity (Wildman–Crippen MR) is 324 cm³/mol. The number of azo groups is 3. The fraction of sp³-hybridized carbons (Fsp3) is 0.474. The molecule has 0 bridgehead atoms. The Labute approximate surface area is 501 Å². The van der Waals surface area contributed by atoms with Crippen molar-refractivity contribution in [2.75, 3.05) is 54.0 Å². The second kappa shape index (κ2) is 26.0. The second-order valence-corrected chi connectivity index (χ2v) is 25.1. The quantitative estimate of drug-likeness (QED) is 0.0604. The molecule has 7 rings (SSSR count). The normalized spacial score (nSPS) is 12.0. The van der Waals surface area contributed by atoms with E-state index in [2.05, 4.69) is 78.5 Å². The molecule has 0 unspecified atom stereocenters. The van der Waals surface area contributed by atoms with E-state index in [-0.39, 0.29) is 71.6 Å². The number of nitriles is 6. The van der Waals surface area contributed by atoms with Crippen LogP contribution in [-0.4, -0.2) is 82.9 Å². The molecule has 0 aliphatic carbocycles. The van der Waals surface area contributed by atoms with Gasteiger partial charge in [-0.15, -0.1) is 30.7 Å². The largest absolute Gasteiger partial charge is 0.349 e. The molecule has 0 radical (unpaired) electrons. The summed E-state index contributed by atoms with van der Waals surface area (Å²) < 4.78 is 4.48. The number of benzene rings is 1. The van der Waals surface area contributed by atoms with Gasteiger partial charge < -0.3 is 14.7 Å². The topological polar surface area (TPSA) is 319 Å². The molecule has 432 valence electrons. The fourth-order valence-electron chi connectivity index (χ4n) is 8.97. The van der Waals surface area contributed by atoms with Gasteiger partial charge in [0.2, 0.25) is 0 Å². The Kier molecular flexibility index (Phi) is 19.3. The summed E-state index contributed by atoms with van der Waals surface area (Å²) in [6, 6.07) is 18.0. The summed E-state index contributed by atoms with van der Waals surface area (Å²) >= 11 is 4.14. The molecule has 84 heavy (non-hydrogen) atoms. The molecule has 6 aromatic heterocycles. The first-order chi connectivity index (χ1) is 39.9. The van der Waals surface area contributed by atoms with Gasteiger partial charge in [-0.05, 0) is 58.2 Å². The standard InChI is InChI=1S/C57H66N24S3/c1-16-76(17-2)52-67-43(55(7,8)9)46(82-52)70-73-49-64-37(25-58)40(28-61)79(49)31-34-22-35(32-80-41(29-62)38(26-59)65-50(80)74-71-47-44(56(10,11)12)68-53(83-47)77(18-3)19-4)24-36(23-34)33-81-42(30-63)39(27-60)66-51(81)75-72-48-45(57(13,14)15)69-54(84-48)78(20-5)21-6/h22-24H,16-21,31-33H2,1-15H3. The number of thiazole rings is 3. The van der Waals surface area contributed by atoms with Gasteiger partial charge in [-0.3, -0.25) is 13.7 Å². The van der Waals surface area contributed by atoms with E-state index in [1.807, 2.05) is 140 Å². The summed E-state index contributed by atoms with van der Waals surface area (Å²) in [6.07, 6.45) is 0. The van der Waals surface area contributed by atoms with Crippen LogP contribution in [0.5, 0.6) is 0 Å². The maximum Gasteiger partial charge on any atom is 0.252 e. The molecule has 27 heteroatoms. The van der Waals surface area contributed by atoms with E-state index < -0.39 is 16.2 Å². The lowest BCUT2D eigenvalue weighted by Gasteiger charge is -2.18. The molecule has 0 saturated carbocycles. The third-order valence-corrected chi connectivity index (χ3v) is 16.3. The molecule has 0 amide bonds. The molecule has 0 fully saturated rings. The van der Waals surface area contributed by atoms with E-state index in [1.165, 1.54) is 47.7 Å². The summed E-state index contributed by atoms with van der Waals surface area (Å²) in [7, 11) is 0. The smallest absolute Gasteiger partial charge is 0.252 e. The van der Waals surface area contributed by atoms with Gasteiger partial charge in [0, 0.05) is 55.5 Å². The zero-order valence-corrected chi connectivity index (χ0v) is 52.5. The van der Waals surface area contributed by atoms with Crippen LogP contribution in [0.4, 0.5) is 48.2 Å². The van der Waals surface area contributed by atoms with E-state index in [1.54, 1.807) is 0 Å². The van der Waals surface area contributed by atoms with Crippen LogP contribution in [0.25, 0.3) is 0 Å². The van der Waals surface area contributed by atoms with Crippen LogP contribution in [0.2, 0.25) is 0 Å². The van der Waals surface area contributed by atoms with Gasteiger partial charge in [0.05, 0.1) is 36.7 Å². The molecule has 0 spiro atoms. The van der Waals surface area contributed by atoms with Crippen LogP contribution >= 0.6 is 34.0 Å². The molecule has 7 aromatic rings. The Morgan fingerprint density at radius 2 is 0.619 bits per heavy atom. The van der Waals surface area contributed by atoms with E-state index >= 15 is 0 Å². The zero-order chi connectivity index (χ0) is 61.4. The van der Waals surface area contributed by atoms with Crippen molar-refractivity contribution in [2.45, 2.75) is 140 Å². The van der Waals surface area contributed by atoms with Crippen molar-refractivity contribution >= 4 is 82.3 Å². The number of nitrogens with zero attached hydrogens (tertiary/aromatic N) is 24. The van der Waals surface area contributed by atoms with Crippen molar-refractivity contribution in [2.24, 2.45) is 30.7 Å². The third kappa shape index (κ3) is 13.4. The van der Waals surface area contributed by atoms with Crippen LogP contribution in [-0.2, 0) is 35.9 Å². The van der Waals surface area contributed by atoms with Gasteiger partial charge in [-0.25, -0.2) is 15.0 Å². The second-order valence-electron chi connectivity index (χ2n) is 22.2. The first kappa shape index (κ1) is 62.5. The summed E-state index contributed by atoms with van der Waals surface area (Å²) in [6.45, 7) is 34.7. The minimum Gasteiger partial charge on any atom is -0.349 e. The highest BCUT2D eigenvalue weighted by atomic mass is 32.1. The average Bonchev–Trinajstić information content (AvgIpc) is 3.37. The van der Waals surface area contributed by atoms with Crippen molar-refractivity contribution < 1.29 is 0 Å². The zero-order valence-electron chi connectivity index (χ0n) is 50.1. The Hall–Kier alpha value is -9.12.